The fourth-order valence-electron chi connectivity index (χ4n) is 1.16. The summed E-state index contributed by atoms with van der Waals surface area (Å²) in [4.78, 5) is 4.16. The molecule has 1 aliphatic rings. The molecule has 1 aromatic rings. The van der Waals surface area contributed by atoms with E-state index in [-0.39, 0.29) is 0 Å². The second-order valence-corrected chi connectivity index (χ2v) is 3.66. The molecule has 1 N–H and O–H groups in total. The Morgan fingerprint density at radius 2 is 2.45 bits per heavy atom. The molecule has 4 heteroatoms. The van der Waals surface area contributed by atoms with Crippen LogP contribution in [0, 0.1) is 0 Å². The summed E-state index contributed by atoms with van der Waals surface area (Å²) in [7, 11) is 0. The van der Waals surface area contributed by atoms with Gasteiger partial charge in [0.05, 0.1) is 4.47 Å². The van der Waals surface area contributed by atoms with Gasteiger partial charge < -0.3 is 5.32 Å². The Kier molecular flexibility index (Phi) is 1.77. The van der Waals surface area contributed by atoms with Gasteiger partial charge in [0.25, 0.3) is 0 Å². The molecular formula is C7H6BrClN2. The lowest BCUT2D eigenvalue weighted by atomic mass is 10.2. The van der Waals surface area contributed by atoms with Crippen LogP contribution < -0.4 is 5.32 Å². The van der Waals surface area contributed by atoms with E-state index in [2.05, 4.69) is 26.2 Å². The van der Waals surface area contributed by atoms with Gasteiger partial charge in [-0.3, -0.25) is 0 Å². The van der Waals surface area contributed by atoms with Gasteiger partial charge in [-0.05, 0) is 34.0 Å². The molecule has 2 heterocycles. The SMILES string of the molecule is Clc1nc2c(cc1Br)CCN2. The Labute approximate surface area is 78.1 Å². The minimum absolute atomic E-state index is 0.526. The number of hydrogen-bond donors (Lipinski definition) is 1. The molecule has 0 atom stereocenters. The molecule has 2 nitrogen and oxygen atoms in total. The smallest absolute Gasteiger partial charge is 0.145 e. The first-order valence-electron chi connectivity index (χ1n) is 3.36. The maximum Gasteiger partial charge on any atom is 0.145 e. The van der Waals surface area contributed by atoms with Crippen LogP contribution in [0.5, 0.6) is 0 Å². The number of rotatable bonds is 0. The predicted octanol–water partition coefficient (Wildman–Crippen LogP) is 2.47. The molecule has 2 rings (SSSR count). The number of nitrogens with zero attached hydrogens (tertiary/aromatic N) is 1. The summed E-state index contributed by atoms with van der Waals surface area (Å²) in [5.41, 5.74) is 1.24. The highest BCUT2D eigenvalue weighted by atomic mass is 79.9. The maximum atomic E-state index is 5.79. The molecule has 0 saturated carbocycles. The standard InChI is InChI=1S/C7H6BrClN2/c8-5-3-4-1-2-10-7(4)11-6(5)9/h3H,1-2H2,(H,10,11). The average Bonchev–Trinajstić information content (AvgIpc) is 2.36. The summed E-state index contributed by atoms with van der Waals surface area (Å²) in [5, 5.41) is 3.68. The molecule has 0 unspecified atom stereocenters. The largest absolute Gasteiger partial charge is 0.369 e. The third kappa shape index (κ3) is 1.23. The van der Waals surface area contributed by atoms with Crippen LogP contribution in [0.3, 0.4) is 0 Å². The Morgan fingerprint density at radius 3 is 3.27 bits per heavy atom. The van der Waals surface area contributed by atoms with Gasteiger partial charge in [0, 0.05) is 6.54 Å². The van der Waals surface area contributed by atoms with Crippen molar-refractivity contribution in [1.29, 1.82) is 0 Å². The number of hydrogen-bond acceptors (Lipinski definition) is 2. The van der Waals surface area contributed by atoms with Crippen molar-refractivity contribution in [2.24, 2.45) is 0 Å². The van der Waals surface area contributed by atoms with Crippen molar-refractivity contribution in [2.45, 2.75) is 6.42 Å². The zero-order valence-corrected chi connectivity index (χ0v) is 8.04. The molecule has 0 saturated heterocycles. The number of anilines is 1. The van der Waals surface area contributed by atoms with E-state index in [9.17, 15) is 0 Å². The maximum absolute atomic E-state index is 5.79. The van der Waals surface area contributed by atoms with E-state index in [1.165, 1.54) is 5.56 Å². The van der Waals surface area contributed by atoms with E-state index in [0.717, 1.165) is 23.3 Å². The summed E-state index contributed by atoms with van der Waals surface area (Å²) in [5.74, 6) is 0.929. The Hall–Kier alpha value is -0.280. The second-order valence-electron chi connectivity index (χ2n) is 2.45. The van der Waals surface area contributed by atoms with E-state index in [4.69, 9.17) is 11.6 Å². The number of aromatic nitrogens is 1. The van der Waals surface area contributed by atoms with Crippen LogP contribution in [-0.4, -0.2) is 11.5 Å². The highest BCUT2D eigenvalue weighted by molar-refractivity contribution is 9.10. The summed E-state index contributed by atoms with van der Waals surface area (Å²) in [6, 6.07) is 2.02. The molecule has 58 valence electrons. The molecule has 1 aromatic heterocycles. The van der Waals surface area contributed by atoms with Crippen LogP contribution in [0.2, 0.25) is 5.15 Å². The molecule has 1 aliphatic heterocycles. The van der Waals surface area contributed by atoms with Crippen molar-refractivity contribution in [3.05, 3.63) is 21.3 Å². The molecule has 0 spiro atoms. The average molecular weight is 233 g/mol. The van der Waals surface area contributed by atoms with Crippen molar-refractivity contribution in [1.82, 2.24) is 4.98 Å². The summed E-state index contributed by atoms with van der Waals surface area (Å²) in [6.07, 6.45) is 1.04. The molecule has 0 amide bonds. The third-order valence-electron chi connectivity index (χ3n) is 1.70. The van der Waals surface area contributed by atoms with Crippen LogP contribution in [0.4, 0.5) is 5.82 Å². The van der Waals surface area contributed by atoms with Crippen molar-refractivity contribution < 1.29 is 0 Å². The minimum Gasteiger partial charge on any atom is -0.369 e. The summed E-state index contributed by atoms with van der Waals surface area (Å²) >= 11 is 9.12. The fraction of sp³-hybridized carbons (Fsp3) is 0.286. The minimum atomic E-state index is 0.526. The first-order chi connectivity index (χ1) is 5.27. The van der Waals surface area contributed by atoms with Gasteiger partial charge in [-0.25, -0.2) is 4.98 Å². The summed E-state index contributed by atoms with van der Waals surface area (Å²) in [6.45, 7) is 0.967. The molecule has 11 heavy (non-hydrogen) atoms. The van der Waals surface area contributed by atoms with Crippen molar-refractivity contribution >= 4 is 33.3 Å². The third-order valence-corrected chi connectivity index (χ3v) is 2.82. The predicted molar refractivity (Wildman–Crippen MR) is 49.1 cm³/mol. The molecule has 0 fully saturated rings. The molecule has 0 aromatic carbocycles. The number of halogens is 2. The van der Waals surface area contributed by atoms with E-state index in [0.29, 0.717) is 5.15 Å². The monoisotopic (exact) mass is 232 g/mol. The first kappa shape index (κ1) is 7.37. The molecule has 0 radical (unpaired) electrons. The van der Waals surface area contributed by atoms with E-state index in [1.54, 1.807) is 0 Å². The zero-order valence-electron chi connectivity index (χ0n) is 5.69. The van der Waals surface area contributed by atoms with E-state index in [1.807, 2.05) is 6.07 Å². The number of nitrogens with one attached hydrogen (secondary N) is 1. The second kappa shape index (κ2) is 2.64. The number of pyridine rings is 1. The van der Waals surface area contributed by atoms with Crippen molar-refractivity contribution in [2.75, 3.05) is 11.9 Å². The quantitative estimate of drug-likeness (QED) is 0.696. The van der Waals surface area contributed by atoms with Gasteiger partial charge in [0.15, 0.2) is 0 Å². The Morgan fingerprint density at radius 1 is 1.64 bits per heavy atom. The van der Waals surface area contributed by atoms with E-state index < -0.39 is 0 Å². The Balaban J connectivity index is 2.57. The van der Waals surface area contributed by atoms with Crippen LogP contribution >= 0.6 is 27.5 Å². The number of fused-ring (bicyclic) bond motifs is 1. The lowest BCUT2D eigenvalue weighted by Crippen LogP contribution is -1.93. The van der Waals surface area contributed by atoms with Crippen molar-refractivity contribution in [3.63, 3.8) is 0 Å². The highest BCUT2D eigenvalue weighted by Crippen LogP contribution is 2.28. The van der Waals surface area contributed by atoms with Crippen LogP contribution in [0.15, 0.2) is 10.5 Å². The normalized spacial score (nSPS) is 14.4. The lowest BCUT2D eigenvalue weighted by molar-refractivity contribution is 1.10. The van der Waals surface area contributed by atoms with Crippen LogP contribution in [0.1, 0.15) is 5.56 Å². The zero-order chi connectivity index (χ0) is 7.84. The van der Waals surface area contributed by atoms with Gasteiger partial charge >= 0.3 is 0 Å². The molecular weight excluding hydrogens is 227 g/mol. The topological polar surface area (TPSA) is 24.9 Å². The van der Waals surface area contributed by atoms with Gasteiger partial charge in [0.1, 0.15) is 11.0 Å². The van der Waals surface area contributed by atoms with Crippen molar-refractivity contribution in [3.8, 4) is 0 Å². The van der Waals surface area contributed by atoms with Gasteiger partial charge in [-0.15, -0.1) is 0 Å². The van der Waals surface area contributed by atoms with Crippen LogP contribution in [0.25, 0.3) is 0 Å². The van der Waals surface area contributed by atoms with Gasteiger partial charge in [-0.1, -0.05) is 11.6 Å². The molecule has 0 bridgehead atoms. The van der Waals surface area contributed by atoms with Crippen LogP contribution in [-0.2, 0) is 6.42 Å². The van der Waals surface area contributed by atoms with Gasteiger partial charge in [0.2, 0.25) is 0 Å². The highest BCUT2D eigenvalue weighted by Gasteiger charge is 2.13. The van der Waals surface area contributed by atoms with Gasteiger partial charge in [-0.2, -0.15) is 0 Å². The Bertz CT molecular complexity index is 272. The fourth-order valence-corrected chi connectivity index (χ4v) is 1.67. The molecule has 0 aliphatic carbocycles. The summed E-state index contributed by atoms with van der Waals surface area (Å²) < 4.78 is 0.876. The lowest BCUT2D eigenvalue weighted by Gasteiger charge is -2.00. The van der Waals surface area contributed by atoms with E-state index >= 15 is 0 Å². The first-order valence-corrected chi connectivity index (χ1v) is 4.53.